The third kappa shape index (κ3) is 3.35. The number of nitrogens with zero attached hydrogens (tertiary/aromatic N) is 2. The Balaban J connectivity index is 1.86. The van der Waals surface area contributed by atoms with E-state index in [1.807, 2.05) is 37.3 Å². The van der Waals surface area contributed by atoms with Crippen molar-refractivity contribution in [2.24, 2.45) is 0 Å². The summed E-state index contributed by atoms with van der Waals surface area (Å²) in [6.07, 6.45) is 0. The smallest absolute Gasteiger partial charge is 0.255 e. The first-order valence-corrected chi connectivity index (χ1v) is 8.26. The first kappa shape index (κ1) is 17.8. The lowest BCUT2D eigenvalue weighted by Crippen LogP contribution is -2.27. The normalized spacial score (nSPS) is 12.0. The molecule has 1 N–H and O–H groups in total. The molecule has 1 atom stereocenters. The maximum Gasteiger partial charge on any atom is 0.255 e. The van der Waals surface area contributed by atoms with Crippen LogP contribution in [0.5, 0.6) is 0 Å². The van der Waals surface area contributed by atoms with Crippen molar-refractivity contribution in [3.8, 4) is 5.69 Å². The number of carbonyl (C=O) groups is 1. The summed E-state index contributed by atoms with van der Waals surface area (Å²) in [7, 11) is 0. The molecule has 0 aliphatic rings. The zero-order valence-electron chi connectivity index (χ0n) is 14.8. The van der Waals surface area contributed by atoms with Crippen molar-refractivity contribution >= 4 is 5.91 Å². The Bertz CT molecular complexity index is 951. The molecular formula is C20H19F2N3O. The summed E-state index contributed by atoms with van der Waals surface area (Å²) in [4.78, 5) is 12.7. The second-order valence-corrected chi connectivity index (χ2v) is 6.16. The first-order chi connectivity index (χ1) is 12.4. The van der Waals surface area contributed by atoms with Crippen LogP contribution in [-0.2, 0) is 0 Å². The third-order valence-corrected chi connectivity index (χ3v) is 4.31. The molecule has 3 aromatic rings. The van der Waals surface area contributed by atoms with E-state index in [4.69, 9.17) is 0 Å². The van der Waals surface area contributed by atoms with Crippen molar-refractivity contribution < 1.29 is 13.6 Å². The maximum absolute atomic E-state index is 13.4. The SMILES string of the molecule is Cc1nn(-c2ccccc2)c(C)c1C(=O)N[C@@H](C)c1ccc(F)c(F)c1. The van der Waals surface area contributed by atoms with Crippen LogP contribution < -0.4 is 5.32 Å². The minimum atomic E-state index is -0.937. The van der Waals surface area contributed by atoms with Gasteiger partial charge in [0.15, 0.2) is 11.6 Å². The quantitative estimate of drug-likeness (QED) is 0.760. The number of hydrogen-bond acceptors (Lipinski definition) is 2. The molecule has 0 bridgehead atoms. The molecule has 0 fully saturated rings. The van der Waals surface area contributed by atoms with Crippen molar-refractivity contribution in [2.75, 3.05) is 0 Å². The fourth-order valence-corrected chi connectivity index (χ4v) is 2.93. The summed E-state index contributed by atoms with van der Waals surface area (Å²) in [5, 5.41) is 7.28. The topological polar surface area (TPSA) is 46.9 Å². The Kier molecular flexibility index (Phi) is 4.84. The monoisotopic (exact) mass is 355 g/mol. The van der Waals surface area contributed by atoms with Crippen LogP contribution in [0, 0.1) is 25.5 Å². The second-order valence-electron chi connectivity index (χ2n) is 6.16. The predicted octanol–water partition coefficient (Wildman–Crippen LogP) is 4.26. The molecule has 2 aromatic carbocycles. The third-order valence-electron chi connectivity index (χ3n) is 4.31. The Morgan fingerprint density at radius 3 is 2.42 bits per heavy atom. The zero-order chi connectivity index (χ0) is 18.8. The molecule has 1 aromatic heterocycles. The maximum atomic E-state index is 13.4. The highest BCUT2D eigenvalue weighted by atomic mass is 19.2. The molecule has 0 radical (unpaired) electrons. The number of aromatic nitrogens is 2. The lowest BCUT2D eigenvalue weighted by atomic mass is 10.1. The highest BCUT2D eigenvalue weighted by Gasteiger charge is 2.21. The van der Waals surface area contributed by atoms with Crippen LogP contribution in [0.4, 0.5) is 8.78 Å². The Hall–Kier alpha value is -3.02. The minimum Gasteiger partial charge on any atom is -0.345 e. The van der Waals surface area contributed by atoms with Gasteiger partial charge in [0.05, 0.1) is 28.7 Å². The van der Waals surface area contributed by atoms with E-state index in [-0.39, 0.29) is 5.91 Å². The van der Waals surface area contributed by atoms with E-state index in [0.717, 1.165) is 17.8 Å². The van der Waals surface area contributed by atoms with Gasteiger partial charge in [0.25, 0.3) is 5.91 Å². The number of amides is 1. The van der Waals surface area contributed by atoms with Crippen molar-refractivity contribution in [3.05, 3.63) is 82.7 Å². The Morgan fingerprint density at radius 1 is 1.08 bits per heavy atom. The van der Waals surface area contributed by atoms with Crippen LogP contribution >= 0.6 is 0 Å². The fraction of sp³-hybridized carbons (Fsp3) is 0.200. The van der Waals surface area contributed by atoms with Gasteiger partial charge in [0, 0.05) is 0 Å². The highest BCUT2D eigenvalue weighted by Crippen LogP contribution is 2.20. The molecule has 0 spiro atoms. The summed E-state index contributed by atoms with van der Waals surface area (Å²) in [5.74, 6) is -2.16. The van der Waals surface area contributed by atoms with E-state index in [0.29, 0.717) is 22.5 Å². The minimum absolute atomic E-state index is 0.306. The molecule has 0 saturated carbocycles. The average molecular weight is 355 g/mol. The molecule has 26 heavy (non-hydrogen) atoms. The van der Waals surface area contributed by atoms with E-state index in [1.165, 1.54) is 6.07 Å². The van der Waals surface area contributed by atoms with Crippen molar-refractivity contribution in [2.45, 2.75) is 26.8 Å². The van der Waals surface area contributed by atoms with Crippen molar-refractivity contribution in [3.63, 3.8) is 0 Å². The molecule has 3 rings (SSSR count). The van der Waals surface area contributed by atoms with Gasteiger partial charge in [0.2, 0.25) is 0 Å². The van der Waals surface area contributed by atoms with Crippen LogP contribution in [0.1, 0.15) is 40.3 Å². The molecule has 0 saturated heterocycles. The van der Waals surface area contributed by atoms with Gasteiger partial charge in [0.1, 0.15) is 0 Å². The fourth-order valence-electron chi connectivity index (χ4n) is 2.93. The molecule has 0 unspecified atom stereocenters. The number of nitrogens with one attached hydrogen (secondary N) is 1. The van der Waals surface area contributed by atoms with Crippen molar-refractivity contribution in [1.29, 1.82) is 0 Å². The van der Waals surface area contributed by atoms with E-state index in [9.17, 15) is 13.6 Å². The van der Waals surface area contributed by atoms with E-state index in [1.54, 1.807) is 18.5 Å². The van der Waals surface area contributed by atoms with Gasteiger partial charge in [-0.1, -0.05) is 24.3 Å². The number of carbonyl (C=O) groups excluding carboxylic acids is 1. The van der Waals surface area contributed by atoms with Gasteiger partial charge in [-0.05, 0) is 50.6 Å². The number of halogens is 2. The van der Waals surface area contributed by atoms with Crippen LogP contribution in [-0.4, -0.2) is 15.7 Å². The van der Waals surface area contributed by atoms with Gasteiger partial charge in [-0.15, -0.1) is 0 Å². The molecule has 0 aliphatic heterocycles. The average Bonchev–Trinajstić information content (AvgIpc) is 2.92. The highest BCUT2D eigenvalue weighted by molar-refractivity contribution is 5.96. The van der Waals surface area contributed by atoms with Gasteiger partial charge >= 0.3 is 0 Å². The van der Waals surface area contributed by atoms with Crippen LogP contribution in [0.2, 0.25) is 0 Å². The number of benzene rings is 2. The molecule has 1 amide bonds. The van der Waals surface area contributed by atoms with Crippen LogP contribution in [0.3, 0.4) is 0 Å². The van der Waals surface area contributed by atoms with Gasteiger partial charge in [-0.25, -0.2) is 13.5 Å². The summed E-state index contributed by atoms with van der Waals surface area (Å²) < 4.78 is 28.2. The van der Waals surface area contributed by atoms with Crippen molar-refractivity contribution in [1.82, 2.24) is 15.1 Å². The standard InChI is InChI=1S/C20H19F2N3O/c1-12(15-9-10-17(21)18(22)11-15)23-20(26)19-13(2)24-25(14(19)3)16-7-5-4-6-8-16/h4-12H,1-3H3,(H,23,26)/t12-/m0/s1. The van der Waals surface area contributed by atoms with Crippen LogP contribution in [0.15, 0.2) is 48.5 Å². The molecule has 4 nitrogen and oxygen atoms in total. The number of rotatable bonds is 4. The molecule has 0 aliphatic carbocycles. The Morgan fingerprint density at radius 2 is 1.77 bits per heavy atom. The lowest BCUT2D eigenvalue weighted by Gasteiger charge is -2.15. The largest absolute Gasteiger partial charge is 0.345 e. The van der Waals surface area contributed by atoms with Gasteiger partial charge in [-0.2, -0.15) is 5.10 Å². The Labute approximate surface area is 150 Å². The summed E-state index contributed by atoms with van der Waals surface area (Å²) >= 11 is 0. The zero-order valence-corrected chi connectivity index (χ0v) is 14.8. The summed E-state index contributed by atoms with van der Waals surface area (Å²) in [6.45, 7) is 5.31. The number of aryl methyl sites for hydroxylation is 1. The second kappa shape index (κ2) is 7.07. The summed E-state index contributed by atoms with van der Waals surface area (Å²) in [5.41, 5.74) is 3.14. The number of hydrogen-bond donors (Lipinski definition) is 1. The van der Waals surface area contributed by atoms with Gasteiger partial charge in [-0.3, -0.25) is 4.79 Å². The predicted molar refractivity (Wildman–Crippen MR) is 95.3 cm³/mol. The van der Waals surface area contributed by atoms with Gasteiger partial charge < -0.3 is 5.32 Å². The molecule has 134 valence electrons. The van der Waals surface area contributed by atoms with E-state index >= 15 is 0 Å². The molecule has 6 heteroatoms. The lowest BCUT2D eigenvalue weighted by molar-refractivity contribution is 0.0938. The summed E-state index contributed by atoms with van der Waals surface area (Å²) in [6, 6.07) is 12.6. The molecular weight excluding hydrogens is 336 g/mol. The first-order valence-electron chi connectivity index (χ1n) is 8.26. The van der Waals surface area contributed by atoms with Crippen LogP contribution in [0.25, 0.3) is 5.69 Å². The number of para-hydroxylation sites is 1. The van der Waals surface area contributed by atoms with E-state index < -0.39 is 17.7 Å². The molecule has 1 heterocycles. The van der Waals surface area contributed by atoms with E-state index in [2.05, 4.69) is 10.4 Å².